The molecule has 4 atom stereocenters. The summed E-state index contributed by atoms with van der Waals surface area (Å²) in [6.45, 7) is 13.2. The minimum atomic E-state index is 0.795. The Kier molecular flexibility index (Phi) is 7.70. The van der Waals surface area contributed by atoms with Crippen molar-refractivity contribution in [2.24, 2.45) is 17.8 Å². The molecule has 22 heavy (non-hydrogen) atoms. The second-order valence-corrected chi connectivity index (χ2v) is 8.48. The van der Waals surface area contributed by atoms with E-state index in [0.717, 1.165) is 29.8 Å². The maximum Gasteiger partial charge on any atom is 0.0227 e. The molecule has 2 heteroatoms. The van der Waals surface area contributed by atoms with Crippen LogP contribution in [0.2, 0.25) is 0 Å². The Labute approximate surface area is 139 Å². The highest BCUT2D eigenvalue weighted by Gasteiger charge is 2.37. The van der Waals surface area contributed by atoms with Crippen molar-refractivity contribution in [3.8, 4) is 0 Å². The zero-order valence-corrected chi connectivity index (χ0v) is 15.6. The van der Waals surface area contributed by atoms with E-state index in [9.17, 15) is 0 Å². The molecule has 2 rings (SSSR count). The predicted molar refractivity (Wildman–Crippen MR) is 97.3 cm³/mol. The van der Waals surface area contributed by atoms with Crippen molar-refractivity contribution in [3.63, 3.8) is 0 Å². The Morgan fingerprint density at radius 1 is 1.18 bits per heavy atom. The number of nitrogens with zero attached hydrogens (tertiary/aromatic N) is 1. The molecule has 0 radical (unpaired) electrons. The van der Waals surface area contributed by atoms with Crippen LogP contribution in [-0.2, 0) is 0 Å². The molecule has 2 nitrogen and oxygen atoms in total. The number of unbranched alkanes of at least 4 members (excludes halogenated alkanes) is 1. The maximum atomic E-state index is 3.76. The average Bonchev–Trinajstić information content (AvgIpc) is 3.38. The zero-order chi connectivity index (χ0) is 15.9. The summed E-state index contributed by atoms with van der Waals surface area (Å²) in [6.07, 6.45) is 11.4. The molecule has 4 unspecified atom stereocenters. The van der Waals surface area contributed by atoms with Gasteiger partial charge >= 0.3 is 0 Å². The molecule has 0 bridgehead atoms. The van der Waals surface area contributed by atoms with E-state index < -0.39 is 0 Å². The molecule has 0 aromatic heterocycles. The van der Waals surface area contributed by atoms with E-state index in [1.165, 1.54) is 71.0 Å². The molecule has 2 fully saturated rings. The molecule has 1 aliphatic heterocycles. The van der Waals surface area contributed by atoms with Gasteiger partial charge in [0.1, 0.15) is 0 Å². The second-order valence-electron chi connectivity index (χ2n) is 8.48. The van der Waals surface area contributed by atoms with Crippen LogP contribution in [0, 0.1) is 17.8 Å². The Morgan fingerprint density at radius 3 is 2.45 bits per heavy atom. The third kappa shape index (κ3) is 7.00. The van der Waals surface area contributed by atoms with Crippen molar-refractivity contribution < 1.29 is 0 Å². The van der Waals surface area contributed by atoms with Crippen LogP contribution in [0.5, 0.6) is 0 Å². The molecule has 1 saturated carbocycles. The van der Waals surface area contributed by atoms with Crippen molar-refractivity contribution in [1.82, 2.24) is 10.2 Å². The van der Waals surface area contributed by atoms with Crippen molar-refractivity contribution in [2.75, 3.05) is 19.6 Å². The van der Waals surface area contributed by atoms with Crippen LogP contribution in [0.15, 0.2) is 0 Å². The quantitative estimate of drug-likeness (QED) is 0.392. The molecule has 1 heterocycles. The molecular formula is C20H40N2. The van der Waals surface area contributed by atoms with E-state index in [4.69, 9.17) is 0 Å². The van der Waals surface area contributed by atoms with E-state index >= 15 is 0 Å². The smallest absolute Gasteiger partial charge is 0.0227 e. The Balaban J connectivity index is 1.63. The van der Waals surface area contributed by atoms with Crippen LogP contribution >= 0.6 is 0 Å². The van der Waals surface area contributed by atoms with Crippen molar-refractivity contribution in [1.29, 1.82) is 0 Å². The number of hydrogen-bond donors (Lipinski definition) is 1. The van der Waals surface area contributed by atoms with Gasteiger partial charge in [0.25, 0.3) is 0 Å². The van der Waals surface area contributed by atoms with Gasteiger partial charge in [0, 0.05) is 25.2 Å². The zero-order valence-electron chi connectivity index (χ0n) is 15.6. The SMILES string of the molecule is CCC(CC1CC1)CC(CNCCCCC(C)C)N1CC1C. The Hall–Kier alpha value is -0.0800. The standard InChI is InChI=1S/C20H40N2/c1-5-18(12-19-9-10-19)13-20(22-15-17(22)4)14-21-11-7-6-8-16(2)3/h16-21H,5-15H2,1-4H3. The molecule has 0 amide bonds. The number of nitrogens with one attached hydrogen (secondary N) is 1. The molecule has 1 aliphatic carbocycles. The van der Waals surface area contributed by atoms with Gasteiger partial charge in [-0.2, -0.15) is 0 Å². The van der Waals surface area contributed by atoms with Crippen molar-refractivity contribution in [3.05, 3.63) is 0 Å². The lowest BCUT2D eigenvalue weighted by Gasteiger charge is -2.25. The van der Waals surface area contributed by atoms with E-state index in [-0.39, 0.29) is 0 Å². The van der Waals surface area contributed by atoms with Gasteiger partial charge in [-0.25, -0.2) is 0 Å². The molecular weight excluding hydrogens is 268 g/mol. The van der Waals surface area contributed by atoms with E-state index in [1.807, 2.05) is 0 Å². The summed E-state index contributed by atoms with van der Waals surface area (Å²) in [4.78, 5) is 2.72. The van der Waals surface area contributed by atoms with Gasteiger partial charge < -0.3 is 5.32 Å². The molecule has 1 saturated heterocycles. The van der Waals surface area contributed by atoms with Gasteiger partial charge in [-0.05, 0) is 50.5 Å². The van der Waals surface area contributed by atoms with Crippen LogP contribution in [0.3, 0.4) is 0 Å². The fourth-order valence-electron chi connectivity index (χ4n) is 3.81. The molecule has 0 aromatic rings. The fraction of sp³-hybridized carbons (Fsp3) is 1.00. The van der Waals surface area contributed by atoms with E-state index in [2.05, 4.69) is 37.9 Å². The molecule has 0 spiro atoms. The summed E-state index contributed by atoms with van der Waals surface area (Å²) in [7, 11) is 0. The van der Waals surface area contributed by atoms with Gasteiger partial charge in [-0.1, -0.05) is 52.9 Å². The first-order chi connectivity index (χ1) is 10.6. The maximum absolute atomic E-state index is 3.76. The van der Waals surface area contributed by atoms with Gasteiger partial charge in [-0.3, -0.25) is 4.90 Å². The average molecular weight is 309 g/mol. The lowest BCUT2D eigenvalue weighted by molar-refractivity contribution is 0.271. The van der Waals surface area contributed by atoms with Gasteiger partial charge in [-0.15, -0.1) is 0 Å². The number of hydrogen-bond acceptors (Lipinski definition) is 2. The summed E-state index contributed by atoms with van der Waals surface area (Å²) in [5.74, 6) is 2.91. The minimum Gasteiger partial charge on any atom is -0.315 e. The first-order valence-corrected chi connectivity index (χ1v) is 10.1. The predicted octanol–water partition coefficient (Wildman–Crippen LogP) is 4.69. The summed E-state index contributed by atoms with van der Waals surface area (Å²) in [6, 6.07) is 1.63. The van der Waals surface area contributed by atoms with Crippen molar-refractivity contribution >= 4 is 0 Å². The highest BCUT2D eigenvalue weighted by molar-refractivity contribution is 4.93. The first-order valence-electron chi connectivity index (χ1n) is 10.1. The third-order valence-corrected chi connectivity index (χ3v) is 5.69. The summed E-state index contributed by atoms with van der Waals surface area (Å²) in [5.41, 5.74) is 0. The van der Waals surface area contributed by atoms with Crippen LogP contribution in [0.1, 0.15) is 79.1 Å². The van der Waals surface area contributed by atoms with Crippen molar-refractivity contribution in [2.45, 2.75) is 91.1 Å². The monoisotopic (exact) mass is 308 g/mol. The first kappa shape index (κ1) is 18.3. The summed E-state index contributed by atoms with van der Waals surface area (Å²) < 4.78 is 0. The van der Waals surface area contributed by atoms with Crippen LogP contribution in [0.4, 0.5) is 0 Å². The van der Waals surface area contributed by atoms with E-state index in [0.29, 0.717) is 0 Å². The van der Waals surface area contributed by atoms with Gasteiger partial charge in [0.15, 0.2) is 0 Å². The largest absolute Gasteiger partial charge is 0.315 e. The molecule has 1 N–H and O–H groups in total. The molecule has 0 aromatic carbocycles. The van der Waals surface area contributed by atoms with Gasteiger partial charge in [0.05, 0.1) is 0 Å². The lowest BCUT2D eigenvalue weighted by Crippen LogP contribution is -2.35. The molecule has 2 aliphatic rings. The summed E-state index contributed by atoms with van der Waals surface area (Å²) in [5, 5.41) is 3.76. The highest BCUT2D eigenvalue weighted by Crippen LogP contribution is 2.38. The van der Waals surface area contributed by atoms with E-state index in [1.54, 1.807) is 0 Å². The fourth-order valence-corrected chi connectivity index (χ4v) is 3.81. The lowest BCUT2D eigenvalue weighted by atomic mass is 9.91. The Morgan fingerprint density at radius 2 is 1.91 bits per heavy atom. The molecule has 130 valence electrons. The highest BCUT2D eigenvalue weighted by atomic mass is 15.3. The van der Waals surface area contributed by atoms with Crippen LogP contribution in [0.25, 0.3) is 0 Å². The van der Waals surface area contributed by atoms with Crippen LogP contribution in [-0.4, -0.2) is 36.6 Å². The minimum absolute atomic E-state index is 0.795. The topological polar surface area (TPSA) is 15.0 Å². The number of rotatable bonds is 13. The third-order valence-electron chi connectivity index (χ3n) is 5.69. The second kappa shape index (κ2) is 9.27. The van der Waals surface area contributed by atoms with Gasteiger partial charge in [0.2, 0.25) is 0 Å². The Bertz CT molecular complexity index is 298. The normalized spacial score (nSPS) is 27.1. The van der Waals surface area contributed by atoms with Crippen LogP contribution < -0.4 is 5.32 Å². The summed E-state index contributed by atoms with van der Waals surface area (Å²) >= 11 is 0.